The molecule has 2 aliphatic rings. The zero-order valence-corrected chi connectivity index (χ0v) is 12.9. The number of nitrogens with one attached hydrogen (secondary N) is 1. The van der Waals surface area contributed by atoms with E-state index >= 15 is 0 Å². The van der Waals surface area contributed by atoms with Crippen molar-refractivity contribution in [1.82, 2.24) is 24.6 Å². The van der Waals surface area contributed by atoms with Crippen LogP contribution in [-0.4, -0.2) is 49.7 Å². The Kier molecular flexibility index (Phi) is 3.69. The molecule has 2 fully saturated rings. The van der Waals surface area contributed by atoms with Crippen LogP contribution in [0.5, 0.6) is 0 Å². The van der Waals surface area contributed by atoms with Crippen molar-refractivity contribution in [3.8, 4) is 0 Å². The van der Waals surface area contributed by atoms with E-state index in [1.54, 1.807) is 29.5 Å². The standard InChI is InChI=1S/C16H20N6O/c23-16(11-22-7-1-4-19-22)21-9-12-2-3-14(13(12)10-21)20-15-8-17-5-6-18-15/h1,4-8,12-14H,2-3,9-11H2,(H,18,20)/t12-,13+,14-/m1/s1. The Morgan fingerprint density at radius 3 is 3.00 bits per heavy atom. The van der Waals surface area contributed by atoms with Gasteiger partial charge >= 0.3 is 0 Å². The molecule has 0 spiro atoms. The Balaban J connectivity index is 1.38. The van der Waals surface area contributed by atoms with Gasteiger partial charge in [0.05, 0.1) is 6.20 Å². The van der Waals surface area contributed by atoms with E-state index in [0.717, 1.165) is 31.7 Å². The summed E-state index contributed by atoms with van der Waals surface area (Å²) in [6, 6.07) is 2.21. The summed E-state index contributed by atoms with van der Waals surface area (Å²) in [7, 11) is 0. The summed E-state index contributed by atoms with van der Waals surface area (Å²) in [5, 5.41) is 7.60. The topological polar surface area (TPSA) is 75.9 Å². The first-order valence-corrected chi connectivity index (χ1v) is 8.07. The van der Waals surface area contributed by atoms with Gasteiger partial charge in [0.1, 0.15) is 12.4 Å². The number of amides is 1. The highest BCUT2D eigenvalue weighted by Gasteiger charge is 2.44. The maximum Gasteiger partial charge on any atom is 0.244 e. The Morgan fingerprint density at radius 1 is 1.26 bits per heavy atom. The number of hydrogen-bond acceptors (Lipinski definition) is 5. The first kappa shape index (κ1) is 14.2. The van der Waals surface area contributed by atoms with E-state index in [1.807, 2.05) is 17.2 Å². The summed E-state index contributed by atoms with van der Waals surface area (Å²) in [6.07, 6.45) is 10.9. The first-order chi connectivity index (χ1) is 11.3. The molecule has 1 aliphatic heterocycles. The minimum Gasteiger partial charge on any atom is -0.366 e. The van der Waals surface area contributed by atoms with E-state index in [0.29, 0.717) is 24.4 Å². The third kappa shape index (κ3) is 2.91. The molecule has 3 heterocycles. The molecule has 23 heavy (non-hydrogen) atoms. The van der Waals surface area contributed by atoms with Gasteiger partial charge in [0.2, 0.25) is 5.91 Å². The van der Waals surface area contributed by atoms with E-state index in [-0.39, 0.29) is 5.91 Å². The van der Waals surface area contributed by atoms with E-state index < -0.39 is 0 Å². The van der Waals surface area contributed by atoms with E-state index in [1.165, 1.54) is 0 Å². The number of rotatable bonds is 4. The van der Waals surface area contributed by atoms with Crippen LogP contribution in [0.2, 0.25) is 0 Å². The maximum atomic E-state index is 12.4. The number of hydrogen-bond donors (Lipinski definition) is 1. The number of nitrogens with zero attached hydrogens (tertiary/aromatic N) is 5. The maximum absolute atomic E-state index is 12.4. The largest absolute Gasteiger partial charge is 0.366 e. The highest BCUT2D eigenvalue weighted by Crippen LogP contribution is 2.39. The molecule has 1 saturated carbocycles. The molecule has 1 N–H and O–H groups in total. The zero-order valence-electron chi connectivity index (χ0n) is 12.9. The van der Waals surface area contributed by atoms with Crippen LogP contribution in [-0.2, 0) is 11.3 Å². The predicted molar refractivity (Wildman–Crippen MR) is 84.5 cm³/mol. The van der Waals surface area contributed by atoms with Crippen molar-refractivity contribution in [3.63, 3.8) is 0 Å². The Bertz CT molecular complexity index is 658. The average molecular weight is 312 g/mol. The summed E-state index contributed by atoms with van der Waals surface area (Å²) in [6.45, 7) is 2.01. The average Bonchev–Trinajstić information content (AvgIpc) is 3.27. The van der Waals surface area contributed by atoms with Crippen molar-refractivity contribution in [2.75, 3.05) is 18.4 Å². The lowest BCUT2D eigenvalue weighted by Gasteiger charge is -2.22. The first-order valence-electron chi connectivity index (χ1n) is 8.07. The number of likely N-dealkylation sites (tertiary alicyclic amines) is 1. The van der Waals surface area contributed by atoms with Gasteiger partial charge in [0.25, 0.3) is 0 Å². The molecule has 0 radical (unpaired) electrons. The SMILES string of the molecule is O=C(Cn1cccn1)N1C[C@H]2CC[C@@H](Nc3cnccn3)[C@H]2C1. The molecule has 2 aromatic heterocycles. The molecule has 0 unspecified atom stereocenters. The fourth-order valence-corrected chi connectivity index (χ4v) is 3.84. The molecule has 3 atom stereocenters. The van der Waals surface area contributed by atoms with E-state index in [4.69, 9.17) is 0 Å². The number of fused-ring (bicyclic) bond motifs is 1. The summed E-state index contributed by atoms with van der Waals surface area (Å²) in [5.74, 6) is 2.06. The zero-order chi connectivity index (χ0) is 15.6. The molecule has 1 aliphatic carbocycles. The molecule has 4 rings (SSSR count). The van der Waals surface area contributed by atoms with Crippen LogP contribution in [0.25, 0.3) is 0 Å². The van der Waals surface area contributed by atoms with Gasteiger partial charge < -0.3 is 10.2 Å². The normalized spacial score (nSPS) is 26.3. The smallest absolute Gasteiger partial charge is 0.244 e. The molecule has 0 bridgehead atoms. The van der Waals surface area contributed by atoms with Gasteiger partial charge in [-0.15, -0.1) is 0 Å². The van der Waals surface area contributed by atoms with Crippen LogP contribution in [0.4, 0.5) is 5.82 Å². The van der Waals surface area contributed by atoms with Crippen molar-refractivity contribution < 1.29 is 4.79 Å². The lowest BCUT2D eigenvalue weighted by atomic mass is 9.98. The summed E-state index contributed by atoms with van der Waals surface area (Å²) >= 11 is 0. The molecule has 1 saturated heterocycles. The number of carbonyl (C=O) groups excluding carboxylic acids is 1. The van der Waals surface area contributed by atoms with Gasteiger partial charge in [-0.3, -0.25) is 14.5 Å². The van der Waals surface area contributed by atoms with Crippen molar-refractivity contribution in [3.05, 3.63) is 37.1 Å². The molecule has 2 aromatic rings. The molecule has 1 amide bonds. The van der Waals surface area contributed by atoms with Gasteiger partial charge in [-0.25, -0.2) is 4.98 Å². The third-order valence-corrected chi connectivity index (χ3v) is 4.96. The van der Waals surface area contributed by atoms with Crippen LogP contribution in [0.15, 0.2) is 37.1 Å². The molecular formula is C16H20N6O. The van der Waals surface area contributed by atoms with Crippen molar-refractivity contribution in [1.29, 1.82) is 0 Å². The van der Waals surface area contributed by atoms with E-state index in [2.05, 4.69) is 20.4 Å². The van der Waals surface area contributed by atoms with Crippen LogP contribution in [0, 0.1) is 11.8 Å². The second-order valence-electron chi connectivity index (χ2n) is 6.35. The van der Waals surface area contributed by atoms with Gasteiger partial charge in [-0.1, -0.05) is 0 Å². The molecular weight excluding hydrogens is 292 g/mol. The van der Waals surface area contributed by atoms with Crippen LogP contribution in [0.3, 0.4) is 0 Å². The van der Waals surface area contributed by atoms with E-state index in [9.17, 15) is 4.79 Å². The predicted octanol–water partition coefficient (Wildman–Crippen LogP) is 1.02. The highest BCUT2D eigenvalue weighted by molar-refractivity contribution is 5.76. The van der Waals surface area contributed by atoms with Crippen LogP contribution in [0.1, 0.15) is 12.8 Å². The summed E-state index contributed by atoms with van der Waals surface area (Å²) in [4.78, 5) is 22.8. The van der Waals surface area contributed by atoms with Crippen molar-refractivity contribution >= 4 is 11.7 Å². The fourth-order valence-electron chi connectivity index (χ4n) is 3.84. The van der Waals surface area contributed by atoms with Crippen LogP contribution >= 0.6 is 0 Å². The number of aromatic nitrogens is 4. The lowest BCUT2D eigenvalue weighted by Crippen LogP contribution is -2.35. The van der Waals surface area contributed by atoms with Crippen molar-refractivity contribution in [2.45, 2.75) is 25.4 Å². The minimum absolute atomic E-state index is 0.154. The Labute approximate surface area is 134 Å². The highest BCUT2D eigenvalue weighted by atomic mass is 16.2. The quantitative estimate of drug-likeness (QED) is 0.912. The van der Waals surface area contributed by atoms with Gasteiger partial charge in [0, 0.05) is 49.8 Å². The van der Waals surface area contributed by atoms with Crippen molar-refractivity contribution in [2.24, 2.45) is 11.8 Å². The summed E-state index contributed by atoms with van der Waals surface area (Å²) in [5.41, 5.74) is 0. The molecule has 120 valence electrons. The number of anilines is 1. The fraction of sp³-hybridized carbons (Fsp3) is 0.500. The van der Waals surface area contributed by atoms with Crippen LogP contribution < -0.4 is 5.32 Å². The second-order valence-corrected chi connectivity index (χ2v) is 6.35. The Morgan fingerprint density at radius 2 is 2.22 bits per heavy atom. The lowest BCUT2D eigenvalue weighted by molar-refractivity contribution is -0.131. The third-order valence-electron chi connectivity index (χ3n) is 4.96. The molecule has 0 aromatic carbocycles. The van der Waals surface area contributed by atoms with Gasteiger partial charge in [-0.05, 0) is 24.8 Å². The van der Waals surface area contributed by atoms with Gasteiger partial charge in [-0.2, -0.15) is 5.10 Å². The monoisotopic (exact) mass is 312 g/mol. The second kappa shape index (κ2) is 5.98. The molecule has 7 nitrogen and oxygen atoms in total. The molecule has 7 heteroatoms. The van der Waals surface area contributed by atoms with Gasteiger partial charge in [0.15, 0.2) is 0 Å². The minimum atomic E-state index is 0.154. The Hall–Kier alpha value is -2.44. The summed E-state index contributed by atoms with van der Waals surface area (Å²) < 4.78 is 1.69. The number of carbonyl (C=O) groups is 1.